The second-order valence-electron chi connectivity index (χ2n) is 6.52. The van der Waals surface area contributed by atoms with Crippen molar-refractivity contribution in [1.29, 1.82) is 0 Å². The lowest BCUT2D eigenvalue weighted by Gasteiger charge is -2.06. The van der Waals surface area contributed by atoms with Gasteiger partial charge >= 0.3 is 5.97 Å². The molecule has 0 unspecified atom stereocenters. The minimum atomic E-state index is -1.07. The summed E-state index contributed by atoms with van der Waals surface area (Å²) in [7, 11) is 1.86. The Balaban J connectivity index is 1.66. The number of carbonyl (C=O) groups excluding carboxylic acids is 1. The molecule has 8 heteroatoms. The number of carboxylic acids is 1. The summed E-state index contributed by atoms with van der Waals surface area (Å²) in [4.78, 5) is 28.1. The van der Waals surface area contributed by atoms with Gasteiger partial charge in [0.15, 0.2) is 5.78 Å². The minimum Gasteiger partial charge on any atom is -0.478 e. The lowest BCUT2D eigenvalue weighted by Crippen LogP contribution is -2.08. The Morgan fingerprint density at radius 2 is 1.96 bits per heavy atom. The summed E-state index contributed by atoms with van der Waals surface area (Å²) < 4.78 is 3.43. The van der Waals surface area contributed by atoms with Crippen molar-refractivity contribution in [3.8, 4) is 11.3 Å². The summed E-state index contributed by atoms with van der Waals surface area (Å²) in [5.41, 5.74) is 4.34. The number of hydrogen-bond acceptors (Lipinski definition) is 5. The van der Waals surface area contributed by atoms with Crippen LogP contribution < -0.4 is 0 Å². The van der Waals surface area contributed by atoms with Gasteiger partial charge in [0.25, 0.3) is 0 Å². The summed E-state index contributed by atoms with van der Waals surface area (Å²) in [6.45, 7) is 1.75. The number of hydrogen-bond donors (Lipinski definition) is 1. The second-order valence-corrected chi connectivity index (χ2v) is 6.52. The molecule has 4 aromatic heterocycles. The molecule has 4 heterocycles. The number of aromatic carboxylic acids is 1. The highest BCUT2D eigenvalue weighted by Gasteiger charge is 2.17. The minimum absolute atomic E-state index is 0.0603. The molecule has 0 spiro atoms. The molecule has 0 aliphatic carbocycles. The third kappa shape index (κ3) is 3.05. The summed E-state index contributed by atoms with van der Waals surface area (Å²) in [5, 5.41) is 17.6. The Kier molecular flexibility index (Phi) is 4.23. The smallest absolute Gasteiger partial charge is 0.337 e. The van der Waals surface area contributed by atoms with Gasteiger partial charge < -0.3 is 5.11 Å². The number of ketones is 1. The van der Waals surface area contributed by atoms with E-state index in [0.717, 1.165) is 11.3 Å². The van der Waals surface area contributed by atoms with Crippen LogP contribution in [0.25, 0.3) is 16.8 Å². The van der Waals surface area contributed by atoms with Crippen LogP contribution in [0.1, 0.15) is 32.0 Å². The summed E-state index contributed by atoms with van der Waals surface area (Å²) in [6.07, 6.45) is 6.46. The van der Waals surface area contributed by atoms with Crippen LogP contribution >= 0.6 is 0 Å². The monoisotopic (exact) mass is 375 g/mol. The summed E-state index contributed by atoms with van der Waals surface area (Å²) >= 11 is 0. The molecule has 0 aliphatic heterocycles. The fraction of sp³-hybridized carbons (Fsp3) is 0.150. The quantitative estimate of drug-likeness (QED) is 0.538. The standard InChI is InChI=1S/C20H17N5O3/c1-12-14(7-15(9-21-12)20(27)28)8-19(26)16-10-23-25-11-13(3-4-18(16)25)17-5-6-22-24(17)2/h3-7,9-11H,8H2,1-2H3,(H,27,28). The maximum atomic E-state index is 12.8. The van der Waals surface area contributed by atoms with Gasteiger partial charge in [0.2, 0.25) is 0 Å². The fourth-order valence-electron chi connectivity index (χ4n) is 3.15. The van der Waals surface area contributed by atoms with E-state index in [1.165, 1.54) is 18.5 Å². The highest BCUT2D eigenvalue weighted by molar-refractivity contribution is 6.03. The lowest BCUT2D eigenvalue weighted by molar-refractivity contribution is 0.0695. The van der Waals surface area contributed by atoms with Crippen molar-refractivity contribution in [3.05, 3.63) is 71.4 Å². The Labute approximate surface area is 160 Å². The molecule has 1 N–H and O–H groups in total. The van der Waals surface area contributed by atoms with E-state index in [0.29, 0.717) is 22.3 Å². The molecule has 4 aromatic rings. The fourth-order valence-corrected chi connectivity index (χ4v) is 3.15. The van der Waals surface area contributed by atoms with Crippen LogP contribution in [-0.4, -0.2) is 41.2 Å². The molecule has 0 aromatic carbocycles. The first-order valence-electron chi connectivity index (χ1n) is 8.62. The number of carboxylic acid groups (broad SMARTS) is 1. The molecule has 140 valence electrons. The number of Topliss-reactive ketones (excluding diaryl/α,β-unsaturated/α-hetero) is 1. The van der Waals surface area contributed by atoms with Crippen molar-refractivity contribution < 1.29 is 14.7 Å². The SMILES string of the molecule is Cc1ncc(C(=O)O)cc1CC(=O)c1cnn2cc(-c3ccnn3C)ccc12. The summed E-state index contributed by atoms with van der Waals surface area (Å²) in [6, 6.07) is 7.17. The van der Waals surface area contributed by atoms with E-state index in [-0.39, 0.29) is 17.8 Å². The van der Waals surface area contributed by atoms with Gasteiger partial charge in [-0.2, -0.15) is 10.2 Å². The molecular weight excluding hydrogens is 358 g/mol. The predicted molar refractivity (Wildman–Crippen MR) is 101 cm³/mol. The number of rotatable bonds is 5. The Hall–Kier alpha value is -3.81. The first-order chi connectivity index (χ1) is 13.4. The molecule has 28 heavy (non-hydrogen) atoms. The Morgan fingerprint density at radius 1 is 1.14 bits per heavy atom. The number of nitrogens with zero attached hydrogens (tertiary/aromatic N) is 5. The van der Waals surface area contributed by atoms with E-state index in [2.05, 4.69) is 15.2 Å². The topological polar surface area (TPSA) is 102 Å². The average Bonchev–Trinajstić information content (AvgIpc) is 3.28. The van der Waals surface area contributed by atoms with E-state index in [9.17, 15) is 9.59 Å². The predicted octanol–water partition coefficient (Wildman–Crippen LogP) is 2.56. The first kappa shape index (κ1) is 17.6. The zero-order valence-corrected chi connectivity index (χ0v) is 15.3. The molecule has 0 aliphatic rings. The number of aryl methyl sites for hydroxylation is 2. The molecule has 0 bridgehead atoms. The van der Waals surface area contributed by atoms with Crippen LogP contribution in [0.3, 0.4) is 0 Å². The second kappa shape index (κ2) is 6.73. The lowest BCUT2D eigenvalue weighted by atomic mass is 10.0. The molecule has 0 saturated carbocycles. The zero-order chi connectivity index (χ0) is 19.8. The maximum absolute atomic E-state index is 12.8. The van der Waals surface area contributed by atoms with E-state index >= 15 is 0 Å². The van der Waals surface area contributed by atoms with Crippen molar-refractivity contribution in [2.75, 3.05) is 0 Å². The first-order valence-corrected chi connectivity index (χ1v) is 8.62. The van der Waals surface area contributed by atoms with Gasteiger partial charge in [-0.1, -0.05) is 0 Å². The van der Waals surface area contributed by atoms with Gasteiger partial charge in [0.05, 0.1) is 28.5 Å². The molecule has 0 radical (unpaired) electrons. The van der Waals surface area contributed by atoms with Crippen molar-refractivity contribution in [1.82, 2.24) is 24.4 Å². The van der Waals surface area contributed by atoms with Gasteiger partial charge in [-0.05, 0) is 36.8 Å². The number of carbonyl (C=O) groups is 2. The van der Waals surface area contributed by atoms with Crippen LogP contribution in [-0.2, 0) is 13.5 Å². The van der Waals surface area contributed by atoms with Crippen LogP contribution in [0, 0.1) is 6.92 Å². The van der Waals surface area contributed by atoms with Crippen molar-refractivity contribution in [3.63, 3.8) is 0 Å². The molecule has 4 rings (SSSR count). The molecule has 0 fully saturated rings. The number of fused-ring (bicyclic) bond motifs is 1. The van der Waals surface area contributed by atoms with E-state index in [1.54, 1.807) is 22.3 Å². The molecule has 8 nitrogen and oxygen atoms in total. The van der Waals surface area contributed by atoms with Gasteiger partial charge in [-0.15, -0.1) is 0 Å². The van der Waals surface area contributed by atoms with Crippen molar-refractivity contribution in [2.24, 2.45) is 7.05 Å². The van der Waals surface area contributed by atoms with Crippen LogP contribution in [0.4, 0.5) is 0 Å². The molecular formula is C20H17N5O3. The maximum Gasteiger partial charge on any atom is 0.337 e. The van der Waals surface area contributed by atoms with Crippen LogP contribution in [0.15, 0.2) is 49.1 Å². The number of aromatic nitrogens is 5. The highest BCUT2D eigenvalue weighted by Crippen LogP contribution is 2.22. The van der Waals surface area contributed by atoms with Crippen molar-refractivity contribution in [2.45, 2.75) is 13.3 Å². The van der Waals surface area contributed by atoms with Gasteiger partial charge in [0, 0.05) is 43.3 Å². The largest absolute Gasteiger partial charge is 0.478 e. The van der Waals surface area contributed by atoms with Gasteiger partial charge in [-0.3, -0.25) is 14.5 Å². The van der Waals surface area contributed by atoms with Gasteiger partial charge in [-0.25, -0.2) is 9.31 Å². The molecule has 0 atom stereocenters. The van der Waals surface area contributed by atoms with Crippen LogP contribution in [0.2, 0.25) is 0 Å². The van der Waals surface area contributed by atoms with Gasteiger partial charge in [0.1, 0.15) is 0 Å². The van der Waals surface area contributed by atoms with Crippen molar-refractivity contribution >= 4 is 17.3 Å². The molecule has 0 amide bonds. The Morgan fingerprint density at radius 3 is 2.68 bits per heavy atom. The van der Waals surface area contributed by atoms with E-state index in [1.807, 2.05) is 31.4 Å². The average molecular weight is 375 g/mol. The third-order valence-corrected chi connectivity index (χ3v) is 4.72. The molecule has 0 saturated heterocycles. The van der Waals surface area contributed by atoms with Crippen LogP contribution in [0.5, 0.6) is 0 Å². The Bertz CT molecular complexity index is 1220. The highest BCUT2D eigenvalue weighted by atomic mass is 16.4. The third-order valence-electron chi connectivity index (χ3n) is 4.72. The van der Waals surface area contributed by atoms with E-state index < -0.39 is 5.97 Å². The van der Waals surface area contributed by atoms with E-state index in [4.69, 9.17) is 5.11 Å². The zero-order valence-electron chi connectivity index (χ0n) is 15.3. The number of pyridine rings is 2. The normalized spacial score (nSPS) is 11.1. The summed E-state index contributed by atoms with van der Waals surface area (Å²) in [5.74, 6) is -1.21.